The summed E-state index contributed by atoms with van der Waals surface area (Å²) in [5, 5.41) is 2.02. The van der Waals surface area contributed by atoms with Crippen LogP contribution >= 0.6 is 0 Å². The third-order valence-electron chi connectivity index (χ3n) is 3.85. The number of fused-ring (bicyclic) bond motifs is 1. The Kier molecular flexibility index (Phi) is 5.59. The lowest BCUT2D eigenvalue weighted by Gasteiger charge is -2.11. The number of sulfone groups is 1. The second-order valence-electron chi connectivity index (χ2n) is 5.57. The van der Waals surface area contributed by atoms with E-state index in [-0.39, 0.29) is 34.0 Å². The maximum Gasteiger partial charge on any atom is 0.387 e. The SMILES string of the molecule is COc1ccnc(CS(=O)(=O)c2nc3cc(OC(F)F)ccc3n2N=O)c1OC. The number of alkyl halides is 2. The Balaban J connectivity index is 2.08. The summed E-state index contributed by atoms with van der Waals surface area (Å²) in [7, 11) is -1.54. The average Bonchev–Trinajstić information content (AvgIpc) is 3.05. The van der Waals surface area contributed by atoms with Crippen molar-refractivity contribution in [2.45, 2.75) is 17.5 Å². The molecule has 3 rings (SSSR count). The molecule has 0 atom stereocenters. The van der Waals surface area contributed by atoms with Crippen LogP contribution in [-0.4, -0.2) is 43.9 Å². The summed E-state index contributed by atoms with van der Waals surface area (Å²) in [6, 6.07) is 4.90. The largest absolute Gasteiger partial charge is 0.493 e. The molecule has 0 spiro atoms. The number of methoxy groups -OCH3 is 2. The van der Waals surface area contributed by atoms with E-state index in [0.29, 0.717) is 4.68 Å². The van der Waals surface area contributed by atoms with Gasteiger partial charge in [-0.1, -0.05) is 0 Å². The van der Waals surface area contributed by atoms with Crippen LogP contribution < -0.4 is 14.2 Å². The number of imidazole rings is 1. The molecule has 29 heavy (non-hydrogen) atoms. The lowest BCUT2D eigenvalue weighted by Crippen LogP contribution is -2.12. The zero-order valence-corrected chi connectivity index (χ0v) is 15.9. The molecule has 0 radical (unpaired) electrons. The number of halogens is 2. The van der Waals surface area contributed by atoms with Crippen molar-refractivity contribution in [2.75, 3.05) is 14.2 Å². The van der Waals surface area contributed by atoms with E-state index in [0.717, 1.165) is 12.1 Å². The lowest BCUT2D eigenvalue weighted by atomic mass is 10.3. The Morgan fingerprint density at radius 3 is 2.59 bits per heavy atom. The molecule has 2 aromatic heterocycles. The minimum Gasteiger partial charge on any atom is -0.493 e. The topological polar surface area (TPSA) is 122 Å². The quantitative estimate of drug-likeness (QED) is 0.502. The molecule has 0 bridgehead atoms. The second kappa shape index (κ2) is 7.95. The van der Waals surface area contributed by atoms with Crippen LogP contribution in [0.1, 0.15) is 5.69 Å². The Bertz CT molecular complexity index is 1170. The first-order chi connectivity index (χ1) is 13.8. The van der Waals surface area contributed by atoms with E-state index in [1.165, 1.54) is 32.5 Å². The van der Waals surface area contributed by atoms with Crippen molar-refractivity contribution in [1.29, 1.82) is 0 Å². The summed E-state index contributed by atoms with van der Waals surface area (Å²) in [6.07, 6.45) is 1.33. The number of benzene rings is 1. The first kappa shape index (κ1) is 20.4. The highest BCUT2D eigenvalue weighted by Crippen LogP contribution is 2.32. The number of hydrogen-bond donors (Lipinski definition) is 0. The van der Waals surface area contributed by atoms with Gasteiger partial charge in [-0.3, -0.25) is 4.98 Å². The van der Waals surface area contributed by atoms with E-state index in [1.807, 2.05) is 0 Å². The van der Waals surface area contributed by atoms with E-state index >= 15 is 0 Å². The van der Waals surface area contributed by atoms with Gasteiger partial charge in [0.2, 0.25) is 9.84 Å². The highest BCUT2D eigenvalue weighted by molar-refractivity contribution is 7.90. The lowest BCUT2D eigenvalue weighted by molar-refractivity contribution is -0.0497. The van der Waals surface area contributed by atoms with E-state index in [2.05, 4.69) is 20.0 Å². The number of nitroso groups, excluding NO2 is 1. The van der Waals surface area contributed by atoms with Crippen molar-refractivity contribution >= 4 is 20.9 Å². The predicted octanol–water partition coefficient (Wildman–Crippen LogP) is 2.55. The summed E-state index contributed by atoms with van der Waals surface area (Å²) in [5.74, 6) is -0.549. The average molecular weight is 428 g/mol. The Morgan fingerprint density at radius 2 is 1.97 bits per heavy atom. The number of hydrogen-bond acceptors (Lipinski definition) is 9. The molecule has 0 saturated carbocycles. The fourth-order valence-electron chi connectivity index (χ4n) is 2.68. The van der Waals surface area contributed by atoms with Gasteiger partial charge in [-0.05, 0) is 12.1 Å². The fraction of sp³-hybridized carbons (Fsp3) is 0.250. The van der Waals surface area contributed by atoms with Crippen molar-refractivity contribution in [1.82, 2.24) is 14.6 Å². The molecule has 1 aromatic carbocycles. The van der Waals surface area contributed by atoms with E-state index < -0.39 is 27.4 Å². The molecule has 2 heterocycles. The van der Waals surface area contributed by atoms with Gasteiger partial charge in [0.1, 0.15) is 17.2 Å². The molecule has 13 heteroatoms. The molecule has 0 aliphatic heterocycles. The Morgan fingerprint density at radius 1 is 1.21 bits per heavy atom. The van der Waals surface area contributed by atoms with Gasteiger partial charge >= 0.3 is 6.61 Å². The first-order valence-electron chi connectivity index (χ1n) is 7.90. The van der Waals surface area contributed by atoms with Crippen molar-refractivity contribution in [3.63, 3.8) is 0 Å². The highest BCUT2D eigenvalue weighted by Gasteiger charge is 2.28. The molecule has 0 aliphatic carbocycles. The normalized spacial score (nSPS) is 11.6. The van der Waals surface area contributed by atoms with Crippen molar-refractivity contribution < 1.29 is 31.4 Å². The smallest absolute Gasteiger partial charge is 0.387 e. The first-order valence-corrected chi connectivity index (χ1v) is 9.55. The van der Waals surface area contributed by atoms with E-state index in [1.54, 1.807) is 0 Å². The minimum absolute atomic E-state index is 0.00533. The number of pyridine rings is 1. The third kappa shape index (κ3) is 3.94. The van der Waals surface area contributed by atoms with E-state index in [4.69, 9.17) is 9.47 Å². The van der Waals surface area contributed by atoms with Crippen molar-refractivity contribution in [2.24, 2.45) is 5.29 Å². The van der Waals surface area contributed by atoms with Gasteiger partial charge in [0.15, 0.2) is 11.5 Å². The zero-order chi connectivity index (χ0) is 21.2. The summed E-state index contributed by atoms with van der Waals surface area (Å²) in [4.78, 5) is 19.2. The zero-order valence-electron chi connectivity index (χ0n) is 15.1. The molecule has 0 amide bonds. The van der Waals surface area contributed by atoms with Crippen LogP contribution in [0.15, 0.2) is 40.9 Å². The summed E-state index contributed by atoms with van der Waals surface area (Å²) in [5.41, 5.74) is -0.0317. The number of ether oxygens (including phenoxy) is 3. The third-order valence-corrected chi connectivity index (χ3v) is 5.32. The van der Waals surface area contributed by atoms with Crippen LogP contribution in [-0.2, 0) is 15.6 Å². The van der Waals surface area contributed by atoms with Crippen LogP contribution in [0.25, 0.3) is 11.0 Å². The maximum atomic E-state index is 12.9. The van der Waals surface area contributed by atoms with Gasteiger partial charge in [0.25, 0.3) is 5.16 Å². The van der Waals surface area contributed by atoms with Crippen LogP contribution in [0.5, 0.6) is 17.2 Å². The summed E-state index contributed by atoms with van der Waals surface area (Å²) < 4.78 is 65.7. The number of nitrogens with zero attached hydrogens (tertiary/aromatic N) is 4. The Hall–Kier alpha value is -3.35. The number of rotatable bonds is 8. The maximum absolute atomic E-state index is 12.9. The standard InChI is InChI=1S/C16H14F2N4O6S/c1-26-13-5-6-19-11(14(13)27-2)8-29(24,25)16-20-10-7-9(28-15(17)18)3-4-12(10)22(16)21-23/h3-7,15H,8H2,1-2H3. The molecule has 154 valence electrons. The monoisotopic (exact) mass is 428 g/mol. The molecule has 10 nitrogen and oxygen atoms in total. The summed E-state index contributed by atoms with van der Waals surface area (Å²) in [6.45, 7) is -3.08. The molecule has 0 unspecified atom stereocenters. The molecule has 0 saturated heterocycles. The molecular weight excluding hydrogens is 414 g/mol. The van der Waals surface area contributed by atoms with Crippen molar-refractivity contribution in [3.8, 4) is 17.2 Å². The molecule has 0 aliphatic rings. The van der Waals surface area contributed by atoms with Crippen LogP contribution in [0.3, 0.4) is 0 Å². The fourth-order valence-corrected chi connectivity index (χ4v) is 4.01. The molecule has 0 fully saturated rings. The molecule has 3 aromatic rings. The van der Waals surface area contributed by atoms with Crippen LogP contribution in [0.2, 0.25) is 0 Å². The minimum atomic E-state index is -4.24. The van der Waals surface area contributed by atoms with Crippen molar-refractivity contribution in [3.05, 3.63) is 41.1 Å². The van der Waals surface area contributed by atoms with Gasteiger partial charge in [0.05, 0.1) is 30.5 Å². The van der Waals surface area contributed by atoms with Gasteiger partial charge in [-0.25, -0.2) is 13.4 Å². The van der Waals surface area contributed by atoms with Gasteiger partial charge < -0.3 is 14.2 Å². The second-order valence-corrected chi connectivity index (χ2v) is 7.45. The highest BCUT2D eigenvalue weighted by atomic mass is 32.2. The summed E-state index contributed by atoms with van der Waals surface area (Å²) >= 11 is 0. The van der Waals surface area contributed by atoms with Gasteiger partial charge in [-0.2, -0.15) is 13.5 Å². The van der Waals surface area contributed by atoms with Gasteiger partial charge in [0, 0.05) is 18.3 Å². The Labute approximate surface area is 162 Å². The van der Waals surface area contributed by atoms with Crippen LogP contribution in [0, 0.1) is 4.91 Å². The van der Waals surface area contributed by atoms with Gasteiger partial charge in [-0.15, -0.1) is 4.91 Å². The number of aromatic nitrogens is 3. The molecule has 0 N–H and O–H groups in total. The van der Waals surface area contributed by atoms with E-state index in [9.17, 15) is 22.1 Å². The van der Waals surface area contributed by atoms with Crippen LogP contribution in [0.4, 0.5) is 8.78 Å². The predicted molar refractivity (Wildman–Crippen MR) is 95.8 cm³/mol. The molecular formula is C16H14F2N4O6S.